The lowest BCUT2D eigenvalue weighted by molar-refractivity contribution is -0.137. The quantitative estimate of drug-likeness (QED) is 0.348. The lowest BCUT2D eigenvalue weighted by Gasteiger charge is -2.50. The van der Waals surface area contributed by atoms with E-state index in [9.17, 15) is 27.6 Å². The number of carbonyl (C=O) groups is 3. The van der Waals surface area contributed by atoms with E-state index in [1.807, 2.05) is 0 Å². The van der Waals surface area contributed by atoms with E-state index in [-0.39, 0.29) is 34.1 Å². The average molecular weight is 526 g/mol. The monoisotopic (exact) mass is 526 g/mol. The van der Waals surface area contributed by atoms with Gasteiger partial charge in [-0.05, 0) is 48.0 Å². The van der Waals surface area contributed by atoms with E-state index < -0.39 is 41.5 Å². The first kappa shape index (κ1) is 25.1. The van der Waals surface area contributed by atoms with E-state index in [0.717, 1.165) is 21.9 Å². The van der Waals surface area contributed by atoms with Crippen molar-refractivity contribution in [2.45, 2.75) is 18.3 Å². The first-order valence-electron chi connectivity index (χ1n) is 11.4. The molecule has 0 aromatic heterocycles. The largest absolute Gasteiger partial charge is 0.493 e. The maximum atomic E-state index is 13.6. The van der Waals surface area contributed by atoms with Crippen LogP contribution in [0.15, 0.2) is 60.7 Å². The van der Waals surface area contributed by atoms with Gasteiger partial charge in [-0.25, -0.2) is 0 Å². The summed E-state index contributed by atoms with van der Waals surface area (Å²) in [6.07, 6.45) is -4.64. The highest BCUT2D eigenvalue weighted by Gasteiger charge is 2.57. The van der Waals surface area contributed by atoms with Crippen LogP contribution in [0.3, 0.4) is 0 Å². The van der Waals surface area contributed by atoms with Crippen molar-refractivity contribution in [3.05, 3.63) is 82.9 Å². The van der Waals surface area contributed by atoms with Crippen molar-refractivity contribution in [2.24, 2.45) is 0 Å². The number of fused-ring (bicyclic) bond motifs is 1. The van der Waals surface area contributed by atoms with E-state index in [2.05, 4.69) is 0 Å². The molecule has 8 nitrogen and oxygen atoms in total. The summed E-state index contributed by atoms with van der Waals surface area (Å²) in [4.78, 5) is 42.1. The Balaban J connectivity index is 1.66. The van der Waals surface area contributed by atoms with Crippen LogP contribution in [0.1, 0.15) is 37.9 Å². The fourth-order valence-corrected chi connectivity index (χ4v) is 4.91. The molecule has 38 heavy (non-hydrogen) atoms. The number of halogens is 3. The number of carbonyl (C=O) groups excluding carboxylic acids is 3. The van der Waals surface area contributed by atoms with Gasteiger partial charge in [0.2, 0.25) is 5.75 Å². The van der Waals surface area contributed by atoms with E-state index >= 15 is 0 Å². The molecule has 196 valence electrons. The first-order chi connectivity index (χ1) is 18.1. The van der Waals surface area contributed by atoms with E-state index in [1.54, 1.807) is 12.1 Å². The zero-order valence-electron chi connectivity index (χ0n) is 20.4. The van der Waals surface area contributed by atoms with E-state index in [0.29, 0.717) is 5.56 Å². The predicted molar refractivity (Wildman–Crippen MR) is 128 cm³/mol. The molecule has 1 fully saturated rings. The Kier molecular flexibility index (Phi) is 6.01. The van der Waals surface area contributed by atoms with Crippen LogP contribution in [0.4, 0.5) is 18.9 Å². The number of ether oxygens (including phenoxy) is 3. The van der Waals surface area contributed by atoms with Crippen molar-refractivity contribution in [3.8, 4) is 17.2 Å². The van der Waals surface area contributed by atoms with Gasteiger partial charge in [-0.1, -0.05) is 18.2 Å². The number of alkyl halides is 3. The number of rotatable bonds is 6. The summed E-state index contributed by atoms with van der Waals surface area (Å²) in [5, 5.41) is 0. The molecule has 0 spiro atoms. The third-order valence-electron chi connectivity index (χ3n) is 6.65. The molecule has 1 saturated heterocycles. The molecule has 0 radical (unpaired) electrons. The zero-order chi connectivity index (χ0) is 27.4. The highest BCUT2D eigenvalue weighted by Crippen LogP contribution is 2.48. The van der Waals surface area contributed by atoms with E-state index in [4.69, 9.17) is 14.2 Å². The third kappa shape index (κ3) is 3.73. The summed E-state index contributed by atoms with van der Waals surface area (Å²) in [5.41, 5.74) is -0.344. The van der Waals surface area contributed by atoms with Crippen LogP contribution in [0.5, 0.6) is 17.2 Å². The summed E-state index contributed by atoms with van der Waals surface area (Å²) in [7, 11) is 4.18. The normalized spacial score (nSPS) is 18.8. The van der Waals surface area contributed by atoms with Crippen LogP contribution in [0, 0.1) is 0 Å². The van der Waals surface area contributed by atoms with Gasteiger partial charge in [0.1, 0.15) is 6.04 Å². The van der Waals surface area contributed by atoms with Crippen LogP contribution >= 0.6 is 0 Å². The molecule has 3 aromatic carbocycles. The molecule has 2 aliphatic heterocycles. The molecule has 11 heteroatoms. The molecule has 2 heterocycles. The van der Waals surface area contributed by atoms with Crippen LogP contribution in [0.25, 0.3) is 0 Å². The number of imide groups is 1. The molecule has 0 N–H and O–H groups in total. The zero-order valence-corrected chi connectivity index (χ0v) is 20.4. The van der Waals surface area contributed by atoms with Crippen molar-refractivity contribution < 1.29 is 41.8 Å². The maximum absolute atomic E-state index is 13.6. The molecule has 2 atom stereocenters. The number of methoxy groups -OCH3 is 3. The smallest absolute Gasteiger partial charge is 0.416 e. The van der Waals surface area contributed by atoms with Gasteiger partial charge in [0.05, 0.1) is 44.1 Å². The predicted octanol–water partition coefficient (Wildman–Crippen LogP) is 4.48. The summed E-state index contributed by atoms with van der Waals surface area (Å²) < 4.78 is 56.6. The van der Waals surface area contributed by atoms with Crippen LogP contribution in [-0.2, 0) is 11.0 Å². The SMILES string of the molecule is COc1cc([C@@H]2[C@H](N3C(=O)c4ccccc4C3=O)C(=O)N2c2cccc(C(F)(F)F)c2)cc(OC)c1OC. The molecule has 2 aliphatic rings. The minimum Gasteiger partial charge on any atom is -0.493 e. The summed E-state index contributed by atoms with van der Waals surface area (Å²) in [6.45, 7) is 0. The molecule has 3 amide bonds. The molecule has 3 aromatic rings. The molecular formula is C27H21F3N2O6. The minimum absolute atomic E-state index is 0.0450. The Hall–Kier alpha value is -4.54. The second-order valence-corrected chi connectivity index (χ2v) is 8.63. The van der Waals surface area contributed by atoms with Gasteiger partial charge < -0.3 is 19.1 Å². The number of amides is 3. The number of nitrogens with zero attached hydrogens (tertiary/aromatic N) is 2. The Morgan fingerprint density at radius 2 is 1.29 bits per heavy atom. The number of anilines is 1. The van der Waals surface area contributed by atoms with Gasteiger partial charge in [0.25, 0.3) is 17.7 Å². The Morgan fingerprint density at radius 3 is 1.79 bits per heavy atom. The average Bonchev–Trinajstić information content (AvgIpc) is 3.15. The molecule has 0 saturated carbocycles. The van der Waals surface area contributed by atoms with Gasteiger partial charge in [0, 0.05) is 5.69 Å². The lowest BCUT2D eigenvalue weighted by atomic mass is 9.85. The third-order valence-corrected chi connectivity index (χ3v) is 6.65. The van der Waals surface area contributed by atoms with Gasteiger partial charge >= 0.3 is 6.18 Å². The van der Waals surface area contributed by atoms with Crippen molar-refractivity contribution in [3.63, 3.8) is 0 Å². The lowest BCUT2D eigenvalue weighted by Crippen LogP contribution is -2.67. The molecular weight excluding hydrogens is 505 g/mol. The standard InChI is InChI=1S/C27H21F3N2O6/c1-36-19-11-14(12-20(37-2)23(19)38-3)21-22(32-24(33)17-9-4-5-10-18(17)25(32)34)26(35)31(21)16-8-6-7-15(13-16)27(28,29)30/h4-13,21-22H,1-3H3/t21-,22+/m1/s1. The fraction of sp³-hybridized carbons (Fsp3) is 0.222. The van der Waals surface area contributed by atoms with Crippen LogP contribution in [0.2, 0.25) is 0 Å². The second kappa shape index (κ2) is 9.09. The Bertz CT molecular complexity index is 1410. The highest BCUT2D eigenvalue weighted by molar-refractivity contribution is 6.24. The van der Waals surface area contributed by atoms with Crippen molar-refractivity contribution >= 4 is 23.4 Å². The number of hydrogen-bond donors (Lipinski definition) is 0. The van der Waals surface area contributed by atoms with Crippen LogP contribution < -0.4 is 19.1 Å². The first-order valence-corrected chi connectivity index (χ1v) is 11.4. The van der Waals surface area contributed by atoms with Gasteiger partial charge in [0.15, 0.2) is 11.5 Å². The topological polar surface area (TPSA) is 85.4 Å². The Morgan fingerprint density at radius 1 is 0.711 bits per heavy atom. The highest BCUT2D eigenvalue weighted by atomic mass is 19.4. The van der Waals surface area contributed by atoms with Crippen molar-refractivity contribution in [1.82, 2.24) is 4.90 Å². The fourth-order valence-electron chi connectivity index (χ4n) is 4.91. The summed E-state index contributed by atoms with van der Waals surface area (Å²) in [5.74, 6) is -1.32. The van der Waals surface area contributed by atoms with E-state index in [1.165, 1.54) is 57.7 Å². The molecule has 0 aliphatic carbocycles. The van der Waals surface area contributed by atoms with Gasteiger partial charge in [-0.15, -0.1) is 0 Å². The minimum atomic E-state index is -4.64. The number of benzene rings is 3. The van der Waals surface area contributed by atoms with Crippen molar-refractivity contribution in [2.75, 3.05) is 26.2 Å². The summed E-state index contributed by atoms with van der Waals surface area (Å²) >= 11 is 0. The maximum Gasteiger partial charge on any atom is 0.416 e. The number of hydrogen-bond acceptors (Lipinski definition) is 6. The summed E-state index contributed by atoms with van der Waals surface area (Å²) in [6, 6.07) is 11.2. The van der Waals surface area contributed by atoms with Crippen molar-refractivity contribution in [1.29, 1.82) is 0 Å². The molecule has 5 rings (SSSR count). The molecule has 0 bridgehead atoms. The van der Waals surface area contributed by atoms with Gasteiger partial charge in [-0.2, -0.15) is 13.2 Å². The second-order valence-electron chi connectivity index (χ2n) is 8.63. The Labute approximate surface area is 215 Å². The molecule has 0 unspecified atom stereocenters. The number of β-lactam (4-membered cyclic amide) rings is 1. The van der Waals surface area contributed by atoms with Gasteiger partial charge in [-0.3, -0.25) is 19.3 Å². The van der Waals surface area contributed by atoms with Crippen LogP contribution in [-0.4, -0.2) is 50.0 Å².